The molecule has 92 valence electrons. The third-order valence-corrected chi connectivity index (χ3v) is 4.32. The standard InChI is InChI=1S/C12H22N2O2/c1-2-12(16)8-14(9-12)10(15)11(7-13)5-3-4-6-11/h16H,2-9,13H2,1H3. The molecule has 0 radical (unpaired) electrons. The SMILES string of the molecule is CCC1(O)CN(C(=O)C2(CN)CCCC2)C1. The van der Waals surface area contributed by atoms with Gasteiger partial charge in [-0.3, -0.25) is 4.79 Å². The van der Waals surface area contributed by atoms with Crippen molar-refractivity contribution in [1.29, 1.82) is 0 Å². The third kappa shape index (κ3) is 1.74. The van der Waals surface area contributed by atoms with Crippen LogP contribution in [-0.2, 0) is 4.79 Å². The molecule has 0 bridgehead atoms. The second-order valence-electron chi connectivity index (χ2n) is 5.43. The van der Waals surface area contributed by atoms with Crippen LogP contribution < -0.4 is 5.73 Å². The number of carbonyl (C=O) groups excluding carboxylic acids is 1. The lowest BCUT2D eigenvalue weighted by Gasteiger charge is -2.49. The van der Waals surface area contributed by atoms with E-state index in [-0.39, 0.29) is 11.3 Å². The van der Waals surface area contributed by atoms with Crippen LogP contribution in [0.3, 0.4) is 0 Å². The summed E-state index contributed by atoms with van der Waals surface area (Å²) in [6, 6.07) is 0. The molecule has 2 fully saturated rings. The van der Waals surface area contributed by atoms with Gasteiger partial charge in [0.2, 0.25) is 5.91 Å². The summed E-state index contributed by atoms with van der Waals surface area (Å²) in [7, 11) is 0. The number of hydrogen-bond acceptors (Lipinski definition) is 3. The molecule has 0 unspecified atom stereocenters. The molecule has 3 N–H and O–H groups in total. The normalized spacial score (nSPS) is 26.6. The van der Waals surface area contributed by atoms with E-state index >= 15 is 0 Å². The van der Waals surface area contributed by atoms with E-state index in [1.807, 2.05) is 6.92 Å². The number of aliphatic hydroxyl groups is 1. The highest BCUT2D eigenvalue weighted by Gasteiger charge is 2.49. The molecular formula is C12H22N2O2. The topological polar surface area (TPSA) is 66.6 Å². The second-order valence-corrected chi connectivity index (χ2v) is 5.43. The molecule has 4 nitrogen and oxygen atoms in total. The van der Waals surface area contributed by atoms with Crippen LogP contribution in [0, 0.1) is 5.41 Å². The number of hydrogen-bond donors (Lipinski definition) is 2. The number of nitrogens with zero attached hydrogens (tertiary/aromatic N) is 1. The third-order valence-electron chi connectivity index (χ3n) is 4.32. The lowest BCUT2D eigenvalue weighted by molar-refractivity contribution is -0.165. The molecule has 0 spiro atoms. The summed E-state index contributed by atoms with van der Waals surface area (Å²) in [4.78, 5) is 14.1. The number of amides is 1. The minimum absolute atomic E-state index is 0.172. The minimum atomic E-state index is -0.635. The second kappa shape index (κ2) is 4.00. The summed E-state index contributed by atoms with van der Waals surface area (Å²) in [5, 5.41) is 9.91. The molecule has 0 aromatic heterocycles. The maximum absolute atomic E-state index is 12.3. The van der Waals surface area contributed by atoms with Gasteiger partial charge in [-0.15, -0.1) is 0 Å². The number of likely N-dealkylation sites (tertiary alicyclic amines) is 1. The zero-order valence-electron chi connectivity index (χ0n) is 10.0. The Hall–Kier alpha value is -0.610. The fourth-order valence-electron chi connectivity index (χ4n) is 2.92. The Balaban J connectivity index is 1.98. The Morgan fingerprint density at radius 2 is 1.94 bits per heavy atom. The van der Waals surface area contributed by atoms with Crippen LogP contribution in [0.2, 0.25) is 0 Å². The van der Waals surface area contributed by atoms with E-state index in [4.69, 9.17) is 5.73 Å². The van der Waals surface area contributed by atoms with E-state index < -0.39 is 5.60 Å². The van der Waals surface area contributed by atoms with E-state index in [0.29, 0.717) is 26.1 Å². The van der Waals surface area contributed by atoms with Crippen molar-refractivity contribution < 1.29 is 9.90 Å². The predicted octanol–water partition coefficient (Wildman–Crippen LogP) is 0.489. The van der Waals surface area contributed by atoms with Gasteiger partial charge in [-0.1, -0.05) is 19.8 Å². The van der Waals surface area contributed by atoms with E-state index in [0.717, 1.165) is 25.7 Å². The van der Waals surface area contributed by atoms with Crippen molar-refractivity contribution in [1.82, 2.24) is 4.90 Å². The van der Waals surface area contributed by atoms with Crippen LogP contribution in [0.15, 0.2) is 0 Å². The van der Waals surface area contributed by atoms with Crippen molar-refractivity contribution in [2.45, 2.75) is 44.6 Å². The van der Waals surface area contributed by atoms with Crippen molar-refractivity contribution in [3.05, 3.63) is 0 Å². The fourth-order valence-corrected chi connectivity index (χ4v) is 2.92. The zero-order chi connectivity index (χ0) is 11.8. The molecule has 0 atom stereocenters. The van der Waals surface area contributed by atoms with Crippen LogP contribution >= 0.6 is 0 Å². The van der Waals surface area contributed by atoms with E-state index in [1.165, 1.54) is 0 Å². The van der Waals surface area contributed by atoms with Crippen LogP contribution in [0.4, 0.5) is 0 Å². The number of carbonyl (C=O) groups is 1. The highest BCUT2D eigenvalue weighted by Crippen LogP contribution is 2.40. The van der Waals surface area contributed by atoms with Crippen molar-refractivity contribution in [3.63, 3.8) is 0 Å². The monoisotopic (exact) mass is 226 g/mol. The molecule has 1 heterocycles. The molecule has 4 heteroatoms. The smallest absolute Gasteiger partial charge is 0.230 e. The first-order valence-electron chi connectivity index (χ1n) is 6.27. The maximum atomic E-state index is 12.3. The molecule has 16 heavy (non-hydrogen) atoms. The Morgan fingerprint density at radius 1 is 1.38 bits per heavy atom. The molecule has 1 amide bonds. The summed E-state index contributed by atoms with van der Waals surface area (Å²) in [5.41, 5.74) is 4.83. The Morgan fingerprint density at radius 3 is 2.38 bits per heavy atom. The molecule has 1 aliphatic heterocycles. The summed E-state index contributed by atoms with van der Waals surface area (Å²) >= 11 is 0. The number of β-amino-alcohol motifs (C(OH)–C–C–N with tert-alkyl or cyclic N) is 1. The summed E-state index contributed by atoms with van der Waals surface area (Å²) in [5.74, 6) is 0.172. The minimum Gasteiger partial charge on any atom is -0.386 e. The van der Waals surface area contributed by atoms with Gasteiger partial charge >= 0.3 is 0 Å². The average molecular weight is 226 g/mol. The molecule has 1 aliphatic carbocycles. The van der Waals surface area contributed by atoms with Gasteiger partial charge in [0.25, 0.3) is 0 Å². The largest absolute Gasteiger partial charge is 0.386 e. The van der Waals surface area contributed by atoms with Gasteiger partial charge in [-0.05, 0) is 19.3 Å². The van der Waals surface area contributed by atoms with Crippen LogP contribution in [-0.4, -0.2) is 41.1 Å². The van der Waals surface area contributed by atoms with Gasteiger partial charge < -0.3 is 15.7 Å². The molecule has 0 aromatic carbocycles. The van der Waals surface area contributed by atoms with Crippen molar-refractivity contribution in [2.75, 3.05) is 19.6 Å². The predicted molar refractivity (Wildman–Crippen MR) is 61.8 cm³/mol. The summed E-state index contributed by atoms with van der Waals surface area (Å²) in [6.45, 7) is 3.39. The van der Waals surface area contributed by atoms with E-state index in [9.17, 15) is 9.90 Å². The Bertz CT molecular complexity index is 279. The highest BCUT2D eigenvalue weighted by atomic mass is 16.3. The van der Waals surface area contributed by atoms with Crippen LogP contribution in [0.25, 0.3) is 0 Å². The summed E-state index contributed by atoms with van der Waals surface area (Å²) in [6.07, 6.45) is 4.77. The Labute approximate surface area is 96.8 Å². The quantitative estimate of drug-likeness (QED) is 0.736. The van der Waals surface area contributed by atoms with Gasteiger partial charge in [-0.2, -0.15) is 0 Å². The molecule has 2 rings (SSSR count). The van der Waals surface area contributed by atoms with E-state index in [2.05, 4.69) is 0 Å². The van der Waals surface area contributed by atoms with Crippen molar-refractivity contribution in [2.24, 2.45) is 11.1 Å². The molecule has 0 aromatic rings. The van der Waals surface area contributed by atoms with Crippen LogP contribution in [0.5, 0.6) is 0 Å². The lowest BCUT2D eigenvalue weighted by Crippen LogP contribution is -2.66. The Kier molecular flexibility index (Phi) is 2.97. The average Bonchev–Trinajstić information content (AvgIpc) is 2.73. The van der Waals surface area contributed by atoms with Gasteiger partial charge in [0.1, 0.15) is 0 Å². The maximum Gasteiger partial charge on any atom is 0.230 e. The zero-order valence-corrected chi connectivity index (χ0v) is 10.0. The molecule has 2 aliphatic rings. The number of rotatable bonds is 3. The van der Waals surface area contributed by atoms with Gasteiger partial charge in [0.05, 0.1) is 24.1 Å². The first-order valence-corrected chi connectivity index (χ1v) is 6.27. The lowest BCUT2D eigenvalue weighted by atomic mass is 9.81. The molecular weight excluding hydrogens is 204 g/mol. The fraction of sp³-hybridized carbons (Fsp3) is 0.917. The molecule has 1 saturated heterocycles. The van der Waals surface area contributed by atoms with Crippen molar-refractivity contribution in [3.8, 4) is 0 Å². The van der Waals surface area contributed by atoms with Gasteiger partial charge in [0.15, 0.2) is 0 Å². The molecule has 1 saturated carbocycles. The van der Waals surface area contributed by atoms with Gasteiger partial charge in [-0.25, -0.2) is 0 Å². The van der Waals surface area contributed by atoms with Crippen LogP contribution in [0.1, 0.15) is 39.0 Å². The first-order chi connectivity index (χ1) is 7.55. The highest BCUT2D eigenvalue weighted by molar-refractivity contribution is 5.84. The van der Waals surface area contributed by atoms with E-state index in [1.54, 1.807) is 4.90 Å². The summed E-state index contributed by atoms with van der Waals surface area (Å²) < 4.78 is 0. The number of nitrogens with two attached hydrogens (primary N) is 1. The van der Waals surface area contributed by atoms with Crippen molar-refractivity contribution >= 4 is 5.91 Å². The van der Waals surface area contributed by atoms with Gasteiger partial charge in [0, 0.05) is 6.54 Å². The first kappa shape index (κ1) is 11.9.